The topological polar surface area (TPSA) is 30.7 Å². The Morgan fingerprint density at radius 1 is 1.35 bits per heavy atom. The van der Waals surface area contributed by atoms with Crippen LogP contribution in [-0.2, 0) is 6.54 Å². The van der Waals surface area contributed by atoms with Crippen molar-refractivity contribution in [1.82, 2.24) is 14.5 Å². The minimum absolute atomic E-state index is 0.780. The average Bonchev–Trinajstić information content (AvgIpc) is 2.91. The van der Waals surface area contributed by atoms with E-state index in [1.165, 1.54) is 11.3 Å². The fourth-order valence-electron chi connectivity index (χ4n) is 1.88. The van der Waals surface area contributed by atoms with E-state index in [1.807, 2.05) is 24.3 Å². The number of imidazole rings is 1. The smallest absolute Gasteiger partial charge is 0.160 e. The maximum absolute atomic E-state index is 5.97. The molecule has 0 aliphatic heterocycles. The van der Waals surface area contributed by atoms with E-state index >= 15 is 0 Å². The van der Waals surface area contributed by atoms with E-state index in [0.717, 1.165) is 32.7 Å². The summed E-state index contributed by atoms with van der Waals surface area (Å²) in [5.41, 5.74) is 1.85. The van der Waals surface area contributed by atoms with Gasteiger partial charge in [-0.25, -0.2) is 9.97 Å². The highest BCUT2D eigenvalue weighted by Crippen LogP contribution is 2.32. The fourth-order valence-corrected chi connectivity index (χ4v) is 2.92. The summed E-state index contributed by atoms with van der Waals surface area (Å²) in [5, 5.41) is 0. The maximum atomic E-state index is 5.97. The minimum atomic E-state index is 0.780. The molecular weight excluding hydrogens is 254 g/mol. The van der Waals surface area contributed by atoms with Gasteiger partial charge in [0, 0.05) is 12.7 Å². The third-order valence-electron chi connectivity index (χ3n) is 2.61. The Hall–Kier alpha value is -1.39. The monoisotopic (exact) mass is 263 g/mol. The zero-order valence-electron chi connectivity index (χ0n) is 9.22. The quantitative estimate of drug-likeness (QED) is 0.703. The van der Waals surface area contributed by atoms with E-state index in [2.05, 4.69) is 21.5 Å². The highest BCUT2D eigenvalue weighted by Gasteiger charge is 2.13. The Kier molecular flexibility index (Phi) is 2.61. The molecule has 0 fully saturated rings. The van der Waals surface area contributed by atoms with Gasteiger partial charge >= 0.3 is 0 Å². The molecule has 0 radical (unpaired) electrons. The lowest BCUT2D eigenvalue weighted by molar-refractivity contribution is 0.789. The van der Waals surface area contributed by atoms with Crippen LogP contribution < -0.4 is 0 Å². The summed E-state index contributed by atoms with van der Waals surface area (Å²) < 4.78 is 2.89. The lowest BCUT2D eigenvalue weighted by atomic mass is 10.4. The van der Waals surface area contributed by atoms with Crippen molar-refractivity contribution in [3.63, 3.8) is 0 Å². The molecule has 3 heterocycles. The number of hydrogen-bond acceptors (Lipinski definition) is 3. The summed E-state index contributed by atoms with van der Waals surface area (Å²) in [6.45, 7) is 2.94. The molecular formula is C12H10ClN3S. The van der Waals surface area contributed by atoms with Gasteiger partial charge in [-0.2, -0.15) is 0 Å². The van der Waals surface area contributed by atoms with Crippen LogP contribution in [0.4, 0.5) is 0 Å². The highest BCUT2D eigenvalue weighted by atomic mass is 35.5. The van der Waals surface area contributed by atoms with Gasteiger partial charge in [-0.15, -0.1) is 11.3 Å². The number of halogens is 1. The summed E-state index contributed by atoms with van der Waals surface area (Å²) in [4.78, 5) is 10.1. The van der Waals surface area contributed by atoms with Gasteiger partial charge in [-0.1, -0.05) is 11.6 Å². The van der Waals surface area contributed by atoms with Gasteiger partial charge in [0.05, 0.1) is 9.21 Å². The van der Waals surface area contributed by atoms with Crippen LogP contribution in [0.2, 0.25) is 4.34 Å². The van der Waals surface area contributed by atoms with Gasteiger partial charge in [0.25, 0.3) is 0 Å². The molecule has 0 aliphatic carbocycles. The van der Waals surface area contributed by atoms with Crippen LogP contribution in [0.15, 0.2) is 30.5 Å². The van der Waals surface area contributed by atoms with E-state index in [4.69, 9.17) is 11.6 Å². The Morgan fingerprint density at radius 2 is 2.24 bits per heavy atom. The lowest BCUT2D eigenvalue weighted by Gasteiger charge is -2.02. The van der Waals surface area contributed by atoms with Crippen molar-refractivity contribution in [2.75, 3.05) is 0 Å². The summed E-state index contributed by atoms with van der Waals surface area (Å²) in [5.74, 6) is 0.943. The molecule has 3 rings (SSSR count). The van der Waals surface area contributed by atoms with Crippen LogP contribution in [-0.4, -0.2) is 14.5 Å². The number of fused-ring (bicyclic) bond motifs is 1. The molecule has 3 aromatic rings. The van der Waals surface area contributed by atoms with E-state index in [9.17, 15) is 0 Å². The van der Waals surface area contributed by atoms with Gasteiger partial charge in [0.1, 0.15) is 5.52 Å². The second kappa shape index (κ2) is 4.13. The van der Waals surface area contributed by atoms with Crippen molar-refractivity contribution in [1.29, 1.82) is 0 Å². The van der Waals surface area contributed by atoms with E-state index in [-0.39, 0.29) is 0 Å². The number of thiophene rings is 1. The number of rotatable bonds is 2. The van der Waals surface area contributed by atoms with Crippen LogP contribution in [0.5, 0.6) is 0 Å². The van der Waals surface area contributed by atoms with Gasteiger partial charge in [-0.05, 0) is 31.2 Å². The summed E-state index contributed by atoms with van der Waals surface area (Å²) in [6, 6.07) is 7.78. The maximum Gasteiger partial charge on any atom is 0.160 e. The molecule has 0 bridgehead atoms. The second-order valence-electron chi connectivity index (χ2n) is 3.63. The van der Waals surface area contributed by atoms with Gasteiger partial charge in [0.15, 0.2) is 11.5 Å². The number of hydrogen-bond donors (Lipinski definition) is 0. The molecule has 0 aliphatic rings. The molecule has 0 saturated carbocycles. The molecule has 0 N–H and O–H groups in total. The number of aromatic nitrogens is 3. The first-order valence-corrected chi connectivity index (χ1v) is 6.56. The van der Waals surface area contributed by atoms with E-state index in [0.29, 0.717) is 0 Å². The van der Waals surface area contributed by atoms with Gasteiger partial charge in [-0.3, -0.25) is 0 Å². The van der Waals surface area contributed by atoms with Crippen molar-refractivity contribution in [3.8, 4) is 10.7 Å². The number of aryl methyl sites for hydroxylation is 1. The van der Waals surface area contributed by atoms with Crippen LogP contribution in [0.1, 0.15) is 6.92 Å². The first-order valence-electron chi connectivity index (χ1n) is 5.36. The Bertz CT molecular complexity index is 671. The molecule has 3 aromatic heterocycles. The Labute approximate surface area is 108 Å². The predicted octanol–water partition coefficient (Wildman–Crippen LogP) is 3.83. The largest absolute Gasteiger partial charge is 0.308 e. The lowest BCUT2D eigenvalue weighted by Crippen LogP contribution is -1.97. The van der Waals surface area contributed by atoms with E-state index in [1.54, 1.807) is 6.20 Å². The van der Waals surface area contributed by atoms with Crippen LogP contribution in [0, 0.1) is 0 Å². The predicted molar refractivity (Wildman–Crippen MR) is 71.5 cm³/mol. The van der Waals surface area contributed by atoms with Crippen LogP contribution >= 0.6 is 22.9 Å². The summed E-state index contributed by atoms with van der Waals surface area (Å²) in [6.07, 6.45) is 1.79. The van der Waals surface area contributed by atoms with E-state index < -0.39 is 0 Å². The molecule has 0 atom stereocenters. The normalized spacial score (nSPS) is 11.2. The zero-order valence-corrected chi connectivity index (χ0v) is 10.8. The zero-order chi connectivity index (χ0) is 11.8. The van der Waals surface area contributed by atoms with Crippen LogP contribution in [0.25, 0.3) is 21.9 Å². The number of pyridine rings is 1. The second-order valence-corrected chi connectivity index (χ2v) is 5.34. The third-order valence-corrected chi connectivity index (χ3v) is 3.84. The molecule has 0 unspecified atom stereocenters. The molecule has 3 nitrogen and oxygen atoms in total. The highest BCUT2D eigenvalue weighted by molar-refractivity contribution is 7.19. The number of nitrogens with zero attached hydrogens (tertiary/aromatic N) is 3. The molecule has 0 spiro atoms. The van der Waals surface area contributed by atoms with Gasteiger partial charge in [0.2, 0.25) is 0 Å². The fraction of sp³-hybridized carbons (Fsp3) is 0.167. The van der Waals surface area contributed by atoms with Crippen molar-refractivity contribution >= 4 is 34.1 Å². The first kappa shape index (κ1) is 10.7. The molecule has 0 aromatic carbocycles. The SMILES string of the molecule is CCn1c(-c2ccc(Cl)s2)nc2cccnc21. The van der Waals surface area contributed by atoms with Crippen molar-refractivity contribution in [2.45, 2.75) is 13.5 Å². The molecule has 0 saturated heterocycles. The molecule has 5 heteroatoms. The minimum Gasteiger partial charge on any atom is -0.308 e. The summed E-state index contributed by atoms with van der Waals surface area (Å²) in [7, 11) is 0. The molecule has 0 amide bonds. The summed E-state index contributed by atoms with van der Waals surface area (Å²) >= 11 is 7.51. The Balaban J connectivity index is 2.29. The average molecular weight is 264 g/mol. The van der Waals surface area contributed by atoms with Crippen molar-refractivity contribution in [2.24, 2.45) is 0 Å². The van der Waals surface area contributed by atoms with Gasteiger partial charge < -0.3 is 4.57 Å². The van der Waals surface area contributed by atoms with Crippen molar-refractivity contribution in [3.05, 3.63) is 34.8 Å². The molecule has 17 heavy (non-hydrogen) atoms. The molecule has 86 valence electrons. The van der Waals surface area contributed by atoms with Crippen molar-refractivity contribution < 1.29 is 0 Å². The standard InChI is InChI=1S/C12H10ClN3S/c1-2-16-11-8(4-3-7-14-11)15-12(16)9-5-6-10(13)17-9/h3-7H,2H2,1H3. The van der Waals surface area contributed by atoms with Crippen LogP contribution in [0.3, 0.4) is 0 Å². The third kappa shape index (κ3) is 1.73. The Morgan fingerprint density at radius 3 is 2.94 bits per heavy atom. The first-order chi connectivity index (χ1) is 8.29.